The van der Waals surface area contributed by atoms with E-state index in [1.807, 2.05) is 30.3 Å². The molecule has 1 aliphatic rings. The normalized spacial score (nSPS) is 14.3. The van der Waals surface area contributed by atoms with Crippen LogP contribution in [-0.4, -0.2) is 22.9 Å². The van der Waals surface area contributed by atoms with Gasteiger partial charge in [-0.3, -0.25) is 4.79 Å². The molecule has 6 heteroatoms. The second kappa shape index (κ2) is 8.59. The minimum atomic E-state index is -0.332. The number of nitrogens with zero attached hydrogens (tertiary/aromatic N) is 2. The van der Waals surface area contributed by atoms with Gasteiger partial charge in [0.2, 0.25) is 0 Å². The molecule has 1 saturated heterocycles. The van der Waals surface area contributed by atoms with Gasteiger partial charge in [0.25, 0.3) is 5.56 Å². The highest BCUT2D eigenvalue weighted by Crippen LogP contribution is 2.18. The summed E-state index contributed by atoms with van der Waals surface area (Å²) in [6.45, 7) is 4.25. The van der Waals surface area contributed by atoms with Gasteiger partial charge in [0.05, 0.1) is 30.7 Å². The van der Waals surface area contributed by atoms with Crippen molar-refractivity contribution in [3.63, 3.8) is 0 Å². The first-order chi connectivity index (χ1) is 13.7. The number of hydrogen-bond donors (Lipinski definition) is 2. The summed E-state index contributed by atoms with van der Waals surface area (Å²) < 4.78 is 1.31. The number of para-hydroxylation sites is 1. The third-order valence-corrected chi connectivity index (χ3v) is 5.56. The van der Waals surface area contributed by atoms with E-state index in [2.05, 4.69) is 34.7 Å². The number of likely N-dealkylation sites (tertiary alicyclic amines) is 1. The molecule has 0 saturated carbocycles. The number of aromatic nitrogens is 2. The van der Waals surface area contributed by atoms with Crippen LogP contribution in [0.4, 0.5) is 5.69 Å². The summed E-state index contributed by atoms with van der Waals surface area (Å²) in [6.07, 6.45) is 4.28. The number of benzene rings is 2. The first-order valence-corrected chi connectivity index (χ1v) is 10.1. The molecule has 0 aliphatic carbocycles. The molecular weight excluding hydrogens is 372 g/mol. The van der Waals surface area contributed by atoms with E-state index < -0.39 is 0 Å². The number of quaternary nitrogens is 1. The van der Waals surface area contributed by atoms with Crippen molar-refractivity contribution in [2.75, 3.05) is 18.4 Å². The average Bonchev–Trinajstić information content (AvgIpc) is 3.24. The fraction of sp³-hybridized carbons (Fsp3) is 0.273. The van der Waals surface area contributed by atoms with E-state index in [0.717, 1.165) is 12.1 Å². The highest BCUT2D eigenvalue weighted by atomic mass is 35.5. The minimum absolute atomic E-state index is 0.146. The van der Waals surface area contributed by atoms with Crippen LogP contribution in [0.25, 0.3) is 5.69 Å². The molecule has 0 atom stereocenters. The first-order valence-electron chi connectivity index (χ1n) is 9.69. The molecule has 2 heterocycles. The molecule has 0 amide bonds. The van der Waals surface area contributed by atoms with Crippen molar-refractivity contribution < 1.29 is 4.90 Å². The van der Waals surface area contributed by atoms with Crippen molar-refractivity contribution >= 4 is 17.3 Å². The maximum atomic E-state index is 12.5. The van der Waals surface area contributed by atoms with E-state index in [-0.39, 0.29) is 10.6 Å². The monoisotopic (exact) mass is 395 g/mol. The lowest BCUT2D eigenvalue weighted by atomic mass is 10.1. The maximum Gasteiger partial charge on any atom is 0.292 e. The van der Waals surface area contributed by atoms with Crippen LogP contribution in [0, 0.1) is 0 Å². The topological polar surface area (TPSA) is 51.4 Å². The van der Waals surface area contributed by atoms with E-state index in [1.165, 1.54) is 36.2 Å². The Morgan fingerprint density at radius 1 is 1.00 bits per heavy atom. The summed E-state index contributed by atoms with van der Waals surface area (Å²) in [7, 11) is 0. The second-order valence-electron chi connectivity index (χ2n) is 7.23. The van der Waals surface area contributed by atoms with E-state index >= 15 is 0 Å². The van der Waals surface area contributed by atoms with E-state index in [1.54, 1.807) is 11.1 Å². The maximum absolute atomic E-state index is 12.5. The Morgan fingerprint density at radius 2 is 1.68 bits per heavy atom. The molecule has 28 heavy (non-hydrogen) atoms. The predicted molar refractivity (Wildman–Crippen MR) is 112 cm³/mol. The van der Waals surface area contributed by atoms with Crippen molar-refractivity contribution in [2.45, 2.75) is 25.9 Å². The quantitative estimate of drug-likeness (QED) is 0.674. The molecule has 2 aromatic carbocycles. The molecule has 2 N–H and O–H groups in total. The van der Waals surface area contributed by atoms with E-state index in [4.69, 9.17) is 11.6 Å². The zero-order valence-electron chi connectivity index (χ0n) is 15.7. The largest absolute Gasteiger partial charge is 0.378 e. The van der Waals surface area contributed by atoms with Crippen LogP contribution in [0.3, 0.4) is 0 Å². The van der Waals surface area contributed by atoms with Gasteiger partial charge in [0.15, 0.2) is 0 Å². The number of anilines is 1. The Morgan fingerprint density at radius 3 is 2.39 bits per heavy atom. The summed E-state index contributed by atoms with van der Waals surface area (Å²) in [5.74, 6) is 0. The van der Waals surface area contributed by atoms with Gasteiger partial charge in [0.1, 0.15) is 11.6 Å². The fourth-order valence-corrected chi connectivity index (χ4v) is 3.82. The molecule has 1 aromatic heterocycles. The molecule has 0 bridgehead atoms. The van der Waals surface area contributed by atoms with Gasteiger partial charge in [-0.05, 0) is 17.7 Å². The lowest BCUT2D eigenvalue weighted by Gasteiger charge is -2.13. The van der Waals surface area contributed by atoms with Crippen LogP contribution in [0.5, 0.6) is 0 Å². The fourth-order valence-electron chi connectivity index (χ4n) is 3.62. The SMILES string of the molecule is O=c1c(Cl)c(NCc2ccc(C[NH+]3CCCC3)cc2)cnn1-c1ccccc1. The molecule has 144 valence electrons. The van der Waals surface area contributed by atoms with E-state index in [0.29, 0.717) is 17.9 Å². The Labute approximate surface area is 169 Å². The Kier molecular flexibility index (Phi) is 5.74. The van der Waals surface area contributed by atoms with Crippen molar-refractivity contribution in [3.05, 3.63) is 87.3 Å². The van der Waals surface area contributed by atoms with Gasteiger partial charge >= 0.3 is 0 Å². The molecule has 5 nitrogen and oxygen atoms in total. The molecule has 1 fully saturated rings. The lowest BCUT2D eigenvalue weighted by Crippen LogP contribution is -3.08. The summed E-state index contributed by atoms with van der Waals surface area (Å²) in [4.78, 5) is 14.2. The second-order valence-corrected chi connectivity index (χ2v) is 7.61. The zero-order chi connectivity index (χ0) is 19.3. The molecule has 1 aliphatic heterocycles. The van der Waals surface area contributed by atoms with Crippen LogP contribution < -0.4 is 15.8 Å². The number of rotatable bonds is 6. The van der Waals surface area contributed by atoms with Crippen LogP contribution in [0.2, 0.25) is 5.02 Å². The van der Waals surface area contributed by atoms with Crippen molar-refractivity contribution in [2.24, 2.45) is 0 Å². The van der Waals surface area contributed by atoms with Crippen LogP contribution in [0.15, 0.2) is 65.6 Å². The Hall–Kier alpha value is -2.63. The molecule has 0 spiro atoms. The van der Waals surface area contributed by atoms with Gasteiger partial charge in [-0.25, -0.2) is 0 Å². The summed E-state index contributed by atoms with van der Waals surface area (Å²) >= 11 is 6.30. The van der Waals surface area contributed by atoms with Gasteiger partial charge in [-0.2, -0.15) is 9.78 Å². The number of nitrogens with one attached hydrogen (secondary N) is 2. The molecule has 0 radical (unpaired) electrons. The standard InChI is InChI=1S/C22H23ClN4O/c23-21-20(15-25-27(22(21)28)19-6-2-1-3-7-19)24-14-17-8-10-18(11-9-17)16-26-12-4-5-13-26/h1-3,6-11,15,24H,4-5,12-14,16H2/p+1. The summed E-state index contributed by atoms with van der Waals surface area (Å²) in [6, 6.07) is 17.9. The highest BCUT2D eigenvalue weighted by Gasteiger charge is 2.15. The van der Waals surface area contributed by atoms with Gasteiger partial charge in [0, 0.05) is 24.9 Å². The van der Waals surface area contributed by atoms with Crippen LogP contribution in [-0.2, 0) is 13.1 Å². The highest BCUT2D eigenvalue weighted by molar-refractivity contribution is 6.32. The van der Waals surface area contributed by atoms with Gasteiger partial charge < -0.3 is 10.2 Å². The van der Waals surface area contributed by atoms with Crippen molar-refractivity contribution in [1.82, 2.24) is 9.78 Å². The minimum Gasteiger partial charge on any atom is -0.378 e. The predicted octanol–water partition coefficient (Wildman–Crippen LogP) is 2.68. The Bertz CT molecular complexity index is 980. The lowest BCUT2D eigenvalue weighted by molar-refractivity contribution is -0.901. The molecular formula is C22H24ClN4O+. The van der Waals surface area contributed by atoms with Gasteiger partial charge in [-0.1, -0.05) is 54.1 Å². The van der Waals surface area contributed by atoms with Crippen molar-refractivity contribution in [3.8, 4) is 5.69 Å². The summed E-state index contributed by atoms with van der Waals surface area (Å²) in [5, 5.41) is 7.62. The van der Waals surface area contributed by atoms with Gasteiger partial charge in [-0.15, -0.1) is 0 Å². The average molecular weight is 396 g/mol. The molecule has 3 aromatic rings. The van der Waals surface area contributed by atoms with Crippen LogP contribution >= 0.6 is 11.6 Å². The first kappa shape index (κ1) is 18.7. The van der Waals surface area contributed by atoms with Crippen LogP contribution in [0.1, 0.15) is 24.0 Å². The Balaban J connectivity index is 1.42. The molecule has 0 unspecified atom stereocenters. The summed E-state index contributed by atoms with van der Waals surface area (Å²) in [5.41, 5.74) is 3.41. The smallest absolute Gasteiger partial charge is 0.292 e. The number of halogens is 1. The third kappa shape index (κ3) is 4.26. The number of hydrogen-bond acceptors (Lipinski definition) is 3. The van der Waals surface area contributed by atoms with Crippen molar-refractivity contribution in [1.29, 1.82) is 0 Å². The third-order valence-electron chi connectivity index (χ3n) is 5.19. The zero-order valence-corrected chi connectivity index (χ0v) is 16.5. The molecule has 4 rings (SSSR count). The van der Waals surface area contributed by atoms with E-state index in [9.17, 15) is 4.79 Å².